The van der Waals surface area contributed by atoms with Crippen LogP contribution in [0.4, 0.5) is 4.39 Å². The van der Waals surface area contributed by atoms with Gasteiger partial charge in [0.1, 0.15) is 23.4 Å². The van der Waals surface area contributed by atoms with Crippen molar-refractivity contribution >= 4 is 11.6 Å². The molecule has 0 saturated heterocycles. The molecule has 31 heavy (non-hydrogen) atoms. The van der Waals surface area contributed by atoms with Gasteiger partial charge in [0.15, 0.2) is 0 Å². The molecular formula is C24H24FN3O3. The van der Waals surface area contributed by atoms with Gasteiger partial charge in [0, 0.05) is 13.0 Å². The summed E-state index contributed by atoms with van der Waals surface area (Å²) in [6.45, 7) is 0.602. The van der Waals surface area contributed by atoms with Crippen molar-refractivity contribution in [3.63, 3.8) is 0 Å². The molecule has 1 aliphatic rings. The average Bonchev–Trinajstić information content (AvgIpc) is 3.43. The van der Waals surface area contributed by atoms with E-state index in [0.717, 1.165) is 22.6 Å². The molecule has 0 radical (unpaired) electrons. The van der Waals surface area contributed by atoms with Crippen LogP contribution in [0.25, 0.3) is 0 Å². The average molecular weight is 421 g/mol. The molecule has 0 spiro atoms. The van der Waals surface area contributed by atoms with Crippen molar-refractivity contribution in [2.75, 3.05) is 20.7 Å². The first-order valence-corrected chi connectivity index (χ1v) is 10.0. The Labute approximate surface area is 180 Å². The molecule has 0 aliphatic carbocycles. The number of amides is 1. The van der Waals surface area contributed by atoms with Crippen LogP contribution in [0.3, 0.4) is 0 Å². The third-order valence-electron chi connectivity index (χ3n) is 5.21. The molecule has 1 atom stereocenters. The smallest absolute Gasteiger partial charge is 0.257 e. The van der Waals surface area contributed by atoms with Gasteiger partial charge in [-0.1, -0.05) is 12.1 Å². The Morgan fingerprint density at radius 1 is 1.23 bits per heavy atom. The monoisotopic (exact) mass is 421 g/mol. The van der Waals surface area contributed by atoms with Gasteiger partial charge >= 0.3 is 0 Å². The van der Waals surface area contributed by atoms with Crippen LogP contribution in [-0.4, -0.2) is 42.2 Å². The van der Waals surface area contributed by atoms with E-state index in [1.807, 2.05) is 48.3 Å². The van der Waals surface area contributed by atoms with Crippen molar-refractivity contribution in [3.05, 3.63) is 89.6 Å². The fraction of sp³-hybridized carbons (Fsp3) is 0.250. The molecule has 3 aromatic rings. The predicted octanol–water partition coefficient (Wildman–Crippen LogP) is 4.24. The molecule has 2 heterocycles. The number of halogens is 1. The lowest BCUT2D eigenvalue weighted by atomic mass is 10.0. The number of ether oxygens (including phenoxy) is 1. The number of benzene rings is 2. The summed E-state index contributed by atoms with van der Waals surface area (Å²) in [6, 6.07) is 17.3. The predicted molar refractivity (Wildman–Crippen MR) is 115 cm³/mol. The topological polar surface area (TPSA) is 58.3 Å². The summed E-state index contributed by atoms with van der Waals surface area (Å²) >= 11 is 0. The van der Waals surface area contributed by atoms with Gasteiger partial charge in [-0.05, 0) is 66.7 Å². The normalized spacial score (nSPS) is 15.9. The van der Waals surface area contributed by atoms with E-state index in [2.05, 4.69) is 5.10 Å². The standard InChI is InChI=1S/C24H24FN3O3/c1-27(15-17-5-3-6-19(25)13-17)16-24(29)28-22(23-7-4-12-31-23)14-21(26-28)18-8-10-20(30-2)11-9-18/h3-13,22H,14-16H2,1-2H3/t22-/m1/s1. The van der Waals surface area contributed by atoms with Crippen molar-refractivity contribution in [1.29, 1.82) is 0 Å². The maximum atomic E-state index is 13.5. The van der Waals surface area contributed by atoms with Crippen molar-refractivity contribution < 1.29 is 18.3 Å². The van der Waals surface area contributed by atoms with E-state index in [1.54, 1.807) is 25.5 Å². The molecule has 0 saturated carbocycles. The molecule has 0 N–H and O–H groups in total. The summed E-state index contributed by atoms with van der Waals surface area (Å²) in [5.41, 5.74) is 2.55. The Morgan fingerprint density at radius 2 is 2.03 bits per heavy atom. The number of carbonyl (C=O) groups excluding carboxylic acids is 1. The van der Waals surface area contributed by atoms with E-state index in [9.17, 15) is 9.18 Å². The SMILES string of the molecule is COc1ccc(C2=NN(C(=O)CN(C)Cc3cccc(F)c3)[C@@H](c3ccco3)C2)cc1. The molecule has 4 rings (SSSR count). The number of methoxy groups -OCH3 is 1. The summed E-state index contributed by atoms with van der Waals surface area (Å²) in [5.74, 6) is 1.01. The number of hydrogen-bond donors (Lipinski definition) is 0. The van der Waals surface area contributed by atoms with Crippen molar-refractivity contribution in [1.82, 2.24) is 9.91 Å². The lowest BCUT2D eigenvalue weighted by Crippen LogP contribution is -2.36. The lowest BCUT2D eigenvalue weighted by molar-refractivity contribution is -0.134. The number of rotatable bonds is 7. The van der Waals surface area contributed by atoms with Crippen LogP contribution in [0.1, 0.15) is 29.3 Å². The van der Waals surface area contributed by atoms with E-state index < -0.39 is 0 Å². The molecule has 7 heteroatoms. The molecule has 0 fully saturated rings. The molecule has 2 aromatic carbocycles. The summed E-state index contributed by atoms with van der Waals surface area (Å²) in [4.78, 5) is 15.0. The summed E-state index contributed by atoms with van der Waals surface area (Å²) in [7, 11) is 3.45. The van der Waals surface area contributed by atoms with Gasteiger partial charge < -0.3 is 9.15 Å². The quantitative estimate of drug-likeness (QED) is 0.573. The Morgan fingerprint density at radius 3 is 2.71 bits per heavy atom. The Kier molecular flexibility index (Phi) is 6.13. The van der Waals surface area contributed by atoms with Gasteiger partial charge in [-0.3, -0.25) is 9.69 Å². The van der Waals surface area contributed by atoms with Crippen LogP contribution in [0.2, 0.25) is 0 Å². The first-order chi connectivity index (χ1) is 15.0. The van der Waals surface area contributed by atoms with Crippen LogP contribution in [0.15, 0.2) is 76.4 Å². The summed E-state index contributed by atoms with van der Waals surface area (Å²) in [5, 5.41) is 6.14. The third kappa shape index (κ3) is 4.83. The number of nitrogens with zero attached hydrogens (tertiary/aromatic N) is 3. The number of carbonyl (C=O) groups is 1. The van der Waals surface area contributed by atoms with E-state index >= 15 is 0 Å². The molecule has 0 bridgehead atoms. The molecular weight excluding hydrogens is 397 g/mol. The zero-order chi connectivity index (χ0) is 21.8. The van der Waals surface area contributed by atoms with Gasteiger partial charge in [0.2, 0.25) is 0 Å². The van der Waals surface area contributed by atoms with Gasteiger partial charge in [-0.15, -0.1) is 0 Å². The molecule has 0 unspecified atom stereocenters. The molecule has 1 aromatic heterocycles. The Bertz CT molecular complexity index is 1060. The first-order valence-electron chi connectivity index (χ1n) is 10.0. The molecule has 6 nitrogen and oxygen atoms in total. The van der Waals surface area contributed by atoms with Crippen LogP contribution >= 0.6 is 0 Å². The fourth-order valence-electron chi connectivity index (χ4n) is 3.71. The minimum absolute atomic E-state index is 0.146. The number of hydrazone groups is 1. The zero-order valence-electron chi connectivity index (χ0n) is 17.5. The van der Waals surface area contributed by atoms with Crippen molar-refractivity contribution in [3.8, 4) is 5.75 Å². The third-order valence-corrected chi connectivity index (χ3v) is 5.21. The Balaban J connectivity index is 1.51. The van der Waals surface area contributed by atoms with E-state index in [-0.39, 0.29) is 24.3 Å². The zero-order valence-corrected chi connectivity index (χ0v) is 17.5. The highest BCUT2D eigenvalue weighted by atomic mass is 19.1. The van der Waals surface area contributed by atoms with Gasteiger partial charge in [0.05, 0.1) is 25.6 Å². The van der Waals surface area contributed by atoms with E-state index in [4.69, 9.17) is 9.15 Å². The Hall–Kier alpha value is -3.45. The largest absolute Gasteiger partial charge is 0.497 e. The minimum Gasteiger partial charge on any atom is -0.497 e. The number of likely N-dealkylation sites (N-methyl/N-ethyl adjacent to an activating group) is 1. The highest BCUT2D eigenvalue weighted by molar-refractivity contribution is 6.03. The van der Waals surface area contributed by atoms with Gasteiger partial charge in [-0.25, -0.2) is 9.40 Å². The first kappa shape index (κ1) is 20.8. The molecule has 160 valence electrons. The summed E-state index contributed by atoms with van der Waals surface area (Å²) < 4.78 is 24.3. The van der Waals surface area contributed by atoms with Crippen LogP contribution in [-0.2, 0) is 11.3 Å². The van der Waals surface area contributed by atoms with Crippen molar-refractivity contribution in [2.24, 2.45) is 5.10 Å². The molecule has 1 amide bonds. The highest BCUT2D eigenvalue weighted by Crippen LogP contribution is 2.33. The maximum absolute atomic E-state index is 13.5. The second-order valence-electron chi connectivity index (χ2n) is 7.55. The minimum atomic E-state index is -0.304. The second kappa shape index (κ2) is 9.14. The van der Waals surface area contributed by atoms with Gasteiger partial charge in [0.25, 0.3) is 5.91 Å². The number of hydrogen-bond acceptors (Lipinski definition) is 5. The fourth-order valence-corrected chi connectivity index (χ4v) is 3.71. The van der Waals surface area contributed by atoms with E-state index in [1.165, 1.54) is 17.1 Å². The van der Waals surface area contributed by atoms with E-state index in [0.29, 0.717) is 18.7 Å². The van der Waals surface area contributed by atoms with Crippen LogP contribution in [0.5, 0.6) is 5.75 Å². The second-order valence-corrected chi connectivity index (χ2v) is 7.55. The van der Waals surface area contributed by atoms with Crippen molar-refractivity contribution in [2.45, 2.75) is 19.0 Å². The van der Waals surface area contributed by atoms with Crippen LogP contribution in [0, 0.1) is 5.82 Å². The lowest BCUT2D eigenvalue weighted by Gasteiger charge is -2.23. The maximum Gasteiger partial charge on any atom is 0.257 e. The van der Waals surface area contributed by atoms with Gasteiger partial charge in [-0.2, -0.15) is 5.10 Å². The summed E-state index contributed by atoms with van der Waals surface area (Å²) in [6.07, 6.45) is 2.15. The highest BCUT2D eigenvalue weighted by Gasteiger charge is 2.35. The number of furan rings is 1. The van der Waals surface area contributed by atoms with Crippen LogP contribution < -0.4 is 4.74 Å². The molecule has 1 aliphatic heterocycles.